The highest BCUT2D eigenvalue weighted by Gasteiger charge is 2.27. The van der Waals surface area contributed by atoms with Gasteiger partial charge in [-0.3, -0.25) is 4.79 Å². The molecular weight excluding hydrogens is 413 g/mol. The molecule has 1 aliphatic rings. The van der Waals surface area contributed by atoms with Crippen molar-refractivity contribution in [1.29, 1.82) is 0 Å². The molecule has 1 aromatic heterocycles. The van der Waals surface area contributed by atoms with Gasteiger partial charge in [-0.05, 0) is 38.0 Å². The van der Waals surface area contributed by atoms with E-state index in [2.05, 4.69) is 0 Å². The highest BCUT2D eigenvalue weighted by atomic mass is 19.1. The molecule has 3 aromatic rings. The van der Waals surface area contributed by atoms with Gasteiger partial charge in [0.05, 0.1) is 17.5 Å². The Bertz CT molecular complexity index is 1250. The molecule has 162 valence electrons. The summed E-state index contributed by atoms with van der Waals surface area (Å²) in [6.45, 7) is 2.82. The molecule has 6 nitrogen and oxygen atoms in total. The number of halogens is 3. The Labute approximate surface area is 175 Å². The molecule has 1 aliphatic heterocycles. The molecule has 9 heteroatoms. The predicted molar refractivity (Wildman–Crippen MR) is 109 cm³/mol. The van der Waals surface area contributed by atoms with E-state index in [-0.39, 0.29) is 29.2 Å². The molecule has 4 rings (SSSR count). The van der Waals surface area contributed by atoms with Gasteiger partial charge in [-0.2, -0.15) is 0 Å². The maximum Gasteiger partial charge on any atom is 0.341 e. The average Bonchev–Trinajstić information content (AvgIpc) is 3.24. The van der Waals surface area contributed by atoms with Crippen LogP contribution in [0.2, 0.25) is 0 Å². The summed E-state index contributed by atoms with van der Waals surface area (Å²) in [6, 6.07) is 4.62. The number of ether oxygens (including phenoxy) is 1. The van der Waals surface area contributed by atoms with Crippen LogP contribution in [0.4, 0.5) is 18.9 Å². The topological polar surface area (TPSA) is 71.8 Å². The summed E-state index contributed by atoms with van der Waals surface area (Å²) in [5.41, 5.74) is -2.24. The lowest BCUT2D eigenvalue weighted by atomic mass is 10.1. The Morgan fingerprint density at radius 3 is 2.45 bits per heavy atom. The fourth-order valence-corrected chi connectivity index (χ4v) is 3.90. The maximum atomic E-state index is 15.6. The molecule has 1 saturated heterocycles. The highest BCUT2D eigenvalue weighted by Crippen LogP contribution is 2.33. The summed E-state index contributed by atoms with van der Waals surface area (Å²) in [7, 11) is 0. The van der Waals surface area contributed by atoms with Crippen LogP contribution < -0.4 is 15.1 Å². The van der Waals surface area contributed by atoms with Crippen LogP contribution in [-0.2, 0) is 0 Å². The second-order valence-corrected chi connectivity index (χ2v) is 7.21. The SMILES string of the molecule is CCOc1ccc(-n2cc(C(=O)O)c(=O)c3cc(F)c(N4CCCC4)c(F)c32)cc1F. The van der Waals surface area contributed by atoms with Crippen LogP contribution >= 0.6 is 0 Å². The van der Waals surface area contributed by atoms with E-state index >= 15 is 4.39 Å². The monoisotopic (exact) mass is 432 g/mol. The van der Waals surface area contributed by atoms with Gasteiger partial charge in [-0.1, -0.05) is 0 Å². The normalized spacial score (nSPS) is 13.7. The van der Waals surface area contributed by atoms with Crippen LogP contribution in [0.15, 0.2) is 35.3 Å². The number of fused-ring (bicyclic) bond motifs is 1. The van der Waals surface area contributed by atoms with Crippen LogP contribution in [0.5, 0.6) is 5.75 Å². The Morgan fingerprint density at radius 2 is 1.84 bits per heavy atom. The second-order valence-electron chi connectivity index (χ2n) is 7.21. The fourth-order valence-electron chi connectivity index (χ4n) is 3.90. The predicted octanol–water partition coefficient (Wildman–Crippen LogP) is 4.11. The van der Waals surface area contributed by atoms with Crippen molar-refractivity contribution in [1.82, 2.24) is 4.57 Å². The molecule has 31 heavy (non-hydrogen) atoms. The lowest BCUT2D eigenvalue weighted by molar-refractivity contribution is 0.0695. The van der Waals surface area contributed by atoms with E-state index in [1.165, 1.54) is 12.1 Å². The van der Waals surface area contributed by atoms with Gasteiger partial charge in [0.2, 0.25) is 5.43 Å². The van der Waals surface area contributed by atoms with Gasteiger partial charge in [0.1, 0.15) is 17.1 Å². The van der Waals surface area contributed by atoms with Gasteiger partial charge < -0.3 is 19.3 Å². The lowest BCUT2D eigenvalue weighted by Crippen LogP contribution is -2.24. The van der Waals surface area contributed by atoms with Gasteiger partial charge in [0.25, 0.3) is 0 Å². The van der Waals surface area contributed by atoms with E-state index in [1.54, 1.807) is 11.8 Å². The number of rotatable bonds is 5. The standard InChI is InChI=1S/C22H19F3N2O4/c1-2-31-17-6-5-12(9-15(17)23)27-11-14(22(29)30)21(28)13-10-16(24)20(18(25)19(13)27)26-7-3-4-8-26/h5-6,9-11H,2-4,7-8H2,1H3,(H,29,30). The van der Waals surface area contributed by atoms with Crippen molar-refractivity contribution in [3.63, 3.8) is 0 Å². The molecule has 0 radical (unpaired) electrons. The zero-order valence-corrected chi connectivity index (χ0v) is 16.6. The van der Waals surface area contributed by atoms with Crippen LogP contribution in [0, 0.1) is 17.5 Å². The number of hydrogen-bond donors (Lipinski definition) is 1. The second kappa shape index (κ2) is 7.98. The molecule has 2 aromatic carbocycles. The zero-order valence-electron chi connectivity index (χ0n) is 16.6. The number of carboxylic acids is 1. The number of pyridine rings is 1. The third-order valence-electron chi connectivity index (χ3n) is 5.30. The Kier molecular flexibility index (Phi) is 5.34. The minimum absolute atomic E-state index is 0.0284. The maximum absolute atomic E-state index is 15.6. The lowest BCUT2D eigenvalue weighted by Gasteiger charge is -2.22. The number of benzene rings is 2. The van der Waals surface area contributed by atoms with Crippen molar-refractivity contribution >= 4 is 22.6 Å². The first-order valence-electron chi connectivity index (χ1n) is 9.81. The largest absolute Gasteiger partial charge is 0.491 e. The quantitative estimate of drug-likeness (QED) is 0.657. The van der Waals surface area contributed by atoms with E-state index in [1.807, 2.05) is 0 Å². The first kappa shape index (κ1) is 20.8. The molecule has 0 bridgehead atoms. The molecule has 2 heterocycles. The van der Waals surface area contributed by atoms with Crippen molar-refractivity contribution in [3.05, 3.63) is 63.7 Å². The van der Waals surface area contributed by atoms with Crippen molar-refractivity contribution in [2.45, 2.75) is 19.8 Å². The van der Waals surface area contributed by atoms with E-state index in [9.17, 15) is 23.5 Å². The summed E-state index contributed by atoms with van der Waals surface area (Å²) < 4.78 is 51.2. The number of aromatic nitrogens is 1. The number of carboxylic acid groups (broad SMARTS) is 1. The van der Waals surface area contributed by atoms with Crippen LogP contribution in [-0.4, -0.2) is 35.3 Å². The van der Waals surface area contributed by atoms with Gasteiger partial charge in [0.15, 0.2) is 17.4 Å². The Morgan fingerprint density at radius 1 is 1.13 bits per heavy atom. The summed E-state index contributed by atoms with van der Waals surface area (Å²) in [5.74, 6) is -4.28. The summed E-state index contributed by atoms with van der Waals surface area (Å²) in [6.07, 6.45) is 2.47. The number of nitrogens with zero attached hydrogens (tertiary/aromatic N) is 2. The van der Waals surface area contributed by atoms with E-state index in [4.69, 9.17) is 4.74 Å². The number of anilines is 1. The number of carbonyl (C=O) groups is 1. The Balaban J connectivity index is 2.06. The van der Waals surface area contributed by atoms with Gasteiger partial charge in [-0.25, -0.2) is 18.0 Å². The third-order valence-corrected chi connectivity index (χ3v) is 5.30. The molecule has 0 unspecified atom stereocenters. The molecular formula is C22H19F3N2O4. The highest BCUT2D eigenvalue weighted by molar-refractivity contribution is 5.94. The fraction of sp³-hybridized carbons (Fsp3) is 0.273. The molecule has 1 N–H and O–H groups in total. The van der Waals surface area contributed by atoms with Gasteiger partial charge >= 0.3 is 5.97 Å². The number of aromatic carboxylic acids is 1. The molecule has 0 saturated carbocycles. The zero-order chi connectivity index (χ0) is 22.3. The summed E-state index contributed by atoms with van der Waals surface area (Å²) in [4.78, 5) is 25.8. The van der Waals surface area contributed by atoms with Crippen LogP contribution in [0.3, 0.4) is 0 Å². The van der Waals surface area contributed by atoms with Crippen molar-refractivity contribution in [3.8, 4) is 11.4 Å². The van der Waals surface area contributed by atoms with E-state index < -0.39 is 39.8 Å². The van der Waals surface area contributed by atoms with Gasteiger partial charge in [-0.15, -0.1) is 0 Å². The van der Waals surface area contributed by atoms with Crippen molar-refractivity contribution in [2.24, 2.45) is 0 Å². The smallest absolute Gasteiger partial charge is 0.341 e. The van der Waals surface area contributed by atoms with E-state index in [0.29, 0.717) is 13.1 Å². The first-order valence-corrected chi connectivity index (χ1v) is 9.81. The Hall–Kier alpha value is -3.49. The minimum Gasteiger partial charge on any atom is -0.491 e. The third kappa shape index (κ3) is 3.49. The average molecular weight is 432 g/mol. The molecule has 0 spiro atoms. The van der Waals surface area contributed by atoms with E-state index in [0.717, 1.165) is 35.7 Å². The van der Waals surface area contributed by atoms with Crippen LogP contribution in [0.25, 0.3) is 16.6 Å². The van der Waals surface area contributed by atoms with Gasteiger partial charge in [0, 0.05) is 31.0 Å². The molecule has 0 amide bonds. The summed E-state index contributed by atoms with van der Waals surface area (Å²) >= 11 is 0. The minimum atomic E-state index is -1.56. The molecule has 1 fully saturated rings. The molecule has 0 aliphatic carbocycles. The van der Waals surface area contributed by atoms with Crippen molar-refractivity contribution < 1.29 is 27.8 Å². The van der Waals surface area contributed by atoms with Crippen LogP contribution in [0.1, 0.15) is 30.1 Å². The molecule has 0 atom stereocenters. The van der Waals surface area contributed by atoms with Crippen molar-refractivity contribution in [2.75, 3.05) is 24.6 Å². The summed E-state index contributed by atoms with van der Waals surface area (Å²) in [5, 5.41) is 8.99. The first-order chi connectivity index (χ1) is 14.8. The number of hydrogen-bond acceptors (Lipinski definition) is 4.